The number of methoxy groups -OCH3 is 2. The Kier molecular flexibility index (Phi) is 5.84. The molecular weight excluding hydrogens is 611 g/mol. The summed E-state index contributed by atoms with van der Waals surface area (Å²) in [5.74, 6) is -0.0624. The van der Waals surface area contributed by atoms with Crippen LogP contribution in [0.25, 0.3) is 0 Å². The van der Waals surface area contributed by atoms with Crippen molar-refractivity contribution in [3.8, 4) is 5.75 Å². The van der Waals surface area contributed by atoms with E-state index in [1.54, 1.807) is 7.11 Å². The number of carbonyl (C=O) groups excluding carboxylic acids is 1. The summed E-state index contributed by atoms with van der Waals surface area (Å²) in [5.41, 5.74) is -1.31. The van der Waals surface area contributed by atoms with Crippen LogP contribution in [-0.2, 0) is 14.9 Å². The second-order valence-electron chi connectivity index (χ2n) is 9.17. The van der Waals surface area contributed by atoms with Crippen LogP contribution in [0.5, 0.6) is 5.75 Å². The van der Waals surface area contributed by atoms with Gasteiger partial charge in [-0.05, 0) is 31.0 Å². The molecule has 1 aromatic carbocycles. The molecule has 5 rings (SSSR count). The van der Waals surface area contributed by atoms with Gasteiger partial charge in [-0.1, -0.05) is 25.1 Å². The summed E-state index contributed by atoms with van der Waals surface area (Å²) in [5, 5.41) is 23.7. The fraction of sp³-hybridized carbons (Fsp3) is 0.609. The largest absolute Gasteiger partial charge is 0.497 e. The molecule has 4 unspecified atom stereocenters. The van der Waals surface area contributed by atoms with Crippen LogP contribution >= 0.6 is 0 Å². The van der Waals surface area contributed by atoms with E-state index in [1.165, 1.54) is 7.11 Å². The maximum atomic E-state index is 13.1. The molecule has 1 saturated heterocycles. The van der Waals surface area contributed by atoms with Crippen molar-refractivity contribution in [2.75, 3.05) is 39.3 Å². The molecule has 1 radical (unpaired) electrons. The normalized spacial score (nSPS) is 39.9. The summed E-state index contributed by atoms with van der Waals surface area (Å²) in [6.45, 7) is 3.67. The Morgan fingerprint density at radius 1 is 1.29 bits per heavy atom. The first-order chi connectivity index (χ1) is 14.3. The van der Waals surface area contributed by atoms with Gasteiger partial charge >= 0.3 is 5.97 Å². The first-order valence-corrected chi connectivity index (χ1v) is 10.6. The minimum atomic E-state index is -2.07. The van der Waals surface area contributed by atoms with E-state index in [4.69, 9.17) is 9.47 Å². The molecule has 2 fully saturated rings. The van der Waals surface area contributed by atoms with E-state index in [0.29, 0.717) is 6.42 Å². The van der Waals surface area contributed by atoms with Gasteiger partial charge in [0, 0.05) is 86.3 Å². The second kappa shape index (κ2) is 7.70. The molecule has 8 heteroatoms. The van der Waals surface area contributed by atoms with Crippen molar-refractivity contribution in [1.29, 1.82) is 0 Å². The number of fused-ring (bicyclic) bond motifs is 1. The van der Waals surface area contributed by atoms with Gasteiger partial charge < -0.3 is 24.6 Å². The van der Waals surface area contributed by atoms with Gasteiger partial charge in [0.1, 0.15) is 11.9 Å². The Bertz CT molecular complexity index is 941. The molecule has 1 spiro atoms. The Morgan fingerprint density at radius 3 is 2.68 bits per heavy atom. The van der Waals surface area contributed by atoms with E-state index < -0.39 is 34.5 Å². The third-order valence-electron chi connectivity index (χ3n) is 8.37. The van der Waals surface area contributed by atoms with E-state index in [1.807, 2.05) is 37.1 Å². The average molecular weight is 642 g/mol. The Hall–Kier alpha value is -0.648. The van der Waals surface area contributed by atoms with Gasteiger partial charge in [-0.15, -0.1) is 0 Å². The third kappa shape index (κ3) is 2.57. The molecule has 4 aliphatic rings. The molecule has 7 nitrogen and oxygen atoms in total. The molecule has 3 aliphatic heterocycles. The maximum absolute atomic E-state index is 13.1. The Labute approximate surface area is 218 Å². The molecule has 165 valence electrons. The number of hydrogen-bond donors (Lipinski definition) is 2. The maximum Gasteiger partial charge on any atom is 0.342 e. The zero-order valence-electron chi connectivity index (χ0n) is 18.5. The van der Waals surface area contributed by atoms with E-state index in [9.17, 15) is 15.0 Å². The fourth-order valence-corrected chi connectivity index (χ4v) is 7.34. The molecule has 0 aromatic heterocycles. The molecule has 1 aliphatic carbocycles. The van der Waals surface area contributed by atoms with Gasteiger partial charge in [-0.2, -0.15) is 0 Å². The van der Waals surface area contributed by atoms with Crippen molar-refractivity contribution in [2.45, 2.75) is 49.0 Å². The van der Waals surface area contributed by atoms with Gasteiger partial charge in [0.05, 0.1) is 20.3 Å². The smallest absolute Gasteiger partial charge is 0.342 e. The molecule has 0 amide bonds. The topological polar surface area (TPSA) is 82.5 Å². The van der Waals surface area contributed by atoms with E-state index >= 15 is 0 Å². The van der Waals surface area contributed by atoms with Crippen LogP contribution in [0.15, 0.2) is 30.4 Å². The summed E-state index contributed by atoms with van der Waals surface area (Å²) in [6.07, 6.45) is 4.21. The van der Waals surface area contributed by atoms with Crippen LogP contribution in [-0.4, -0.2) is 79.2 Å². The van der Waals surface area contributed by atoms with E-state index in [0.717, 1.165) is 36.5 Å². The van der Waals surface area contributed by atoms with Gasteiger partial charge in [0.2, 0.25) is 5.60 Å². The number of likely N-dealkylation sites (N-methyl/N-ethyl adjacent to an activating group) is 1. The third-order valence-corrected chi connectivity index (χ3v) is 8.37. The molecule has 31 heavy (non-hydrogen) atoms. The van der Waals surface area contributed by atoms with Gasteiger partial charge in [0.15, 0.2) is 0 Å². The zero-order chi connectivity index (χ0) is 21.5. The number of anilines is 1. The number of carbonyl (C=O) groups is 1. The number of hydrogen-bond acceptors (Lipinski definition) is 7. The van der Waals surface area contributed by atoms with Crippen molar-refractivity contribution in [2.24, 2.45) is 5.41 Å². The number of ether oxygens (including phenoxy) is 2. The molecule has 1 saturated carbocycles. The van der Waals surface area contributed by atoms with Crippen molar-refractivity contribution < 1.29 is 68.5 Å². The molecule has 2 N–H and O–H groups in total. The van der Waals surface area contributed by atoms with Crippen LogP contribution < -0.4 is 9.64 Å². The molecule has 6 atom stereocenters. The van der Waals surface area contributed by atoms with E-state index in [2.05, 4.69) is 17.0 Å². The first kappa shape index (κ1) is 23.5. The van der Waals surface area contributed by atoms with Crippen LogP contribution in [0.3, 0.4) is 0 Å². The molecule has 1 aromatic rings. The Morgan fingerprint density at radius 2 is 2.03 bits per heavy atom. The van der Waals surface area contributed by atoms with Crippen LogP contribution in [0.1, 0.15) is 25.3 Å². The predicted molar refractivity (Wildman–Crippen MR) is 112 cm³/mol. The second-order valence-corrected chi connectivity index (χ2v) is 9.17. The van der Waals surface area contributed by atoms with Gasteiger partial charge in [0.25, 0.3) is 0 Å². The van der Waals surface area contributed by atoms with Crippen molar-refractivity contribution in [1.82, 2.24) is 4.90 Å². The van der Waals surface area contributed by atoms with Gasteiger partial charge in [-0.3, -0.25) is 4.90 Å². The molecule has 0 bridgehead atoms. The van der Waals surface area contributed by atoms with Crippen molar-refractivity contribution >= 4 is 11.7 Å². The minimum absolute atomic E-state index is 0. The standard InChI is InChI=1S/C23H30N2O5.Ac/c1-5-21-9-6-11-25-12-10-22(17(21)25)15-8-7-14(29-3)13-16(15)24(2)18(22)23(28,19(21)26)20(27)30-4;/h6-9,13,17-19,26,28H,5,10-12H2,1-4H3;/t17?,18?,19?,21-,22-,23?;/m1./s1. The summed E-state index contributed by atoms with van der Waals surface area (Å²) in [7, 11) is 4.79. The number of esters is 1. The van der Waals surface area contributed by atoms with Crippen LogP contribution in [0.2, 0.25) is 0 Å². The van der Waals surface area contributed by atoms with Crippen LogP contribution in [0.4, 0.5) is 5.69 Å². The minimum Gasteiger partial charge on any atom is -0.497 e. The summed E-state index contributed by atoms with van der Waals surface area (Å²) >= 11 is 0. The van der Waals surface area contributed by atoms with Crippen molar-refractivity contribution in [3.63, 3.8) is 0 Å². The Balaban J connectivity index is 0.00000231. The number of benzene rings is 1. The number of nitrogens with zero attached hydrogens (tertiary/aromatic N) is 2. The SMILES string of the molecule is CC[C@]12C=CCN3CC[C@@]4(c5ccc(OC)cc5N(C)C4C(O)(C(=O)OC)C1O)C32.[Ac]. The average Bonchev–Trinajstić information content (AvgIpc) is 3.28. The predicted octanol–water partition coefficient (Wildman–Crippen LogP) is 1.07. The quantitative estimate of drug-likeness (QED) is 0.378. The number of aliphatic hydroxyl groups excluding tert-OH is 1. The van der Waals surface area contributed by atoms with Crippen LogP contribution in [0, 0.1) is 49.5 Å². The zero-order valence-corrected chi connectivity index (χ0v) is 23.3. The monoisotopic (exact) mass is 641 g/mol. The molecule has 3 heterocycles. The number of aliphatic hydroxyl groups is 2. The first-order valence-electron chi connectivity index (χ1n) is 10.6. The number of rotatable bonds is 3. The fourth-order valence-electron chi connectivity index (χ4n) is 7.34. The van der Waals surface area contributed by atoms with E-state index in [-0.39, 0.29) is 50.1 Å². The van der Waals surface area contributed by atoms with Crippen molar-refractivity contribution in [3.05, 3.63) is 35.9 Å². The summed E-state index contributed by atoms with van der Waals surface area (Å²) < 4.78 is 10.6. The van der Waals surface area contributed by atoms with Gasteiger partial charge in [-0.25, -0.2) is 4.79 Å². The molecular formula is C23H30AcN2O5. The summed E-state index contributed by atoms with van der Waals surface area (Å²) in [6, 6.07) is 5.31. The summed E-state index contributed by atoms with van der Waals surface area (Å²) in [4.78, 5) is 17.5.